The summed E-state index contributed by atoms with van der Waals surface area (Å²) in [5.74, 6) is 0.907. The number of rotatable bonds is 6. The first-order valence-corrected chi connectivity index (χ1v) is 10.3. The highest BCUT2D eigenvalue weighted by Gasteiger charge is 2.46. The van der Waals surface area contributed by atoms with Gasteiger partial charge in [0.2, 0.25) is 0 Å². The molecule has 0 heterocycles. The summed E-state index contributed by atoms with van der Waals surface area (Å²) in [6, 6.07) is 7.59. The van der Waals surface area contributed by atoms with E-state index in [0.717, 1.165) is 5.75 Å². The third-order valence-corrected chi connectivity index (χ3v) is 10.5. The maximum Gasteiger partial charge on any atom is 0.258 e. The number of carbonyl (C=O) groups excluding carboxylic acids is 1. The molecule has 0 bridgehead atoms. The maximum atomic E-state index is 12.0. The van der Waals surface area contributed by atoms with Crippen LogP contribution in [0.4, 0.5) is 0 Å². The van der Waals surface area contributed by atoms with Crippen molar-refractivity contribution in [2.75, 3.05) is 14.1 Å². The summed E-state index contributed by atoms with van der Waals surface area (Å²) in [7, 11) is 1.60. The fourth-order valence-corrected chi connectivity index (χ4v) is 8.73. The monoisotopic (exact) mass is 321 g/mol. The van der Waals surface area contributed by atoms with Gasteiger partial charge in [0.25, 0.3) is 14.2 Å². The van der Waals surface area contributed by atoms with E-state index in [4.69, 9.17) is 4.43 Å². The molecule has 1 aromatic carbocycles. The normalized spacial score (nSPS) is 12.1. The lowest BCUT2D eigenvalue weighted by molar-refractivity contribution is 0.0827. The molecule has 0 aromatic heterocycles. The molecule has 0 unspecified atom stereocenters. The van der Waals surface area contributed by atoms with E-state index >= 15 is 0 Å². The molecule has 0 aliphatic carbocycles. The van der Waals surface area contributed by atoms with Crippen LogP contribution in [-0.2, 0) is 0 Å². The van der Waals surface area contributed by atoms with Gasteiger partial charge in [-0.2, -0.15) is 0 Å². The van der Waals surface area contributed by atoms with E-state index in [1.165, 1.54) is 0 Å². The largest absolute Gasteiger partial charge is 0.543 e. The van der Waals surface area contributed by atoms with Crippen LogP contribution in [0.3, 0.4) is 0 Å². The minimum absolute atomic E-state index is 0.0200. The zero-order chi connectivity index (χ0) is 17.1. The lowest BCUT2D eigenvalue weighted by Crippen LogP contribution is -2.50. The molecule has 0 radical (unpaired) electrons. The summed E-state index contributed by atoms with van der Waals surface area (Å²) in [6.07, 6.45) is 0. The smallest absolute Gasteiger partial charge is 0.258 e. The highest BCUT2D eigenvalue weighted by atomic mass is 28.4. The number of nitrogens with zero attached hydrogens (tertiary/aromatic N) is 1. The van der Waals surface area contributed by atoms with Gasteiger partial charge in [-0.25, -0.2) is 0 Å². The molecular weight excluding hydrogens is 290 g/mol. The summed E-state index contributed by atoms with van der Waals surface area (Å²) in [5, 5.41) is 0. The Labute approximate surface area is 136 Å². The van der Waals surface area contributed by atoms with Crippen LogP contribution in [0.1, 0.15) is 51.9 Å². The highest BCUT2D eigenvalue weighted by Crippen LogP contribution is 2.42. The highest BCUT2D eigenvalue weighted by molar-refractivity contribution is 6.78. The van der Waals surface area contributed by atoms with Crippen LogP contribution in [0.2, 0.25) is 16.6 Å². The summed E-state index contributed by atoms with van der Waals surface area (Å²) in [5.41, 5.74) is 2.31. The lowest BCUT2D eigenvalue weighted by Gasteiger charge is -2.42. The molecule has 0 N–H and O–H groups in total. The predicted molar refractivity (Wildman–Crippen MR) is 96.1 cm³/mol. The number of benzene rings is 1. The number of hydrogen-bond acceptors (Lipinski definition) is 2. The molecule has 0 saturated heterocycles. The van der Waals surface area contributed by atoms with Crippen LogP contribution in [0.15, 0.2) is 24.3 Å². The Balaban J connectivity index is 3.08. The van der Waals surface area contributed by atoms with Crippen LogP contribution in [0.5, 0.6) is 5.75 Å². The SMILES string of the molecule is CC(C)[Si](Oc1ccc(C(=O)N(C)C)cc1)(C(C)C)C(C)C. The molecule has 0 fully saturated rings. The fourth-order valence-electron chi connectivity index (χ4n) is 3.48. The van der Waals surface area contributed by atoms with Gasteiger partial charge in [0.1, 0.15) is 5.75 Å². The predicted octanol–water partition coefficient (Wildman–Crippen LogP) is 4.94. The van der Waals surface area contributed by atoms with Gasteiger partial charge in [0, 0.05) is 19.7 Å². The summed E-state index contributed by atoms with van der Waals surface area (Å²) in [4.78, 5) is 13.5. The summed E-state index contributed by atoms with van der Waals surface area (Å²) >= 11 is 0. The second-order valence-corrected chi connectivity index (χ2v) is 12.5. The minimum atomic E-state index is -1.93. The minimum Gasteiger partial charge on any atom is -0.543 e. The van der Waals surface area contributed by atoms with Crippen molar-refractivity contribution in [3.05, 3.63) is 29.8 Å². The van der Waals surface area contributed by atoms with Crippen LogP contribution in [-0.4, -0.2) is 33.2 Å². The number of carbonyl (C=O) groups is 1. The van der Waals surface area contributed by atoms with Crippen molar-refractivity contribution in [1.29, 1.82) is 0 Å². The Hall–Kier alpha value is -1.29. The molecule has 0 aliphatic rings. The van der Waals surface area contributed by atoms with Crippen LogP contribution < -0.4 is 4.43 Å². The van der Waals surface area contributed by atoms with E-state index in [1.807, 2.05) is 24.3 Å². The summed E-state index contributed by atoms with van der Waals surface area (Å²) in [6.45, 7) is 13.6. The molecule has 1 aromatic rings. The van der Waals surface area contributed by atoms with E-state index in [-0.39, 0.29) is 5.91 Å². The van der Waals surface area contributed by atoms with Gasteiger partial charge in [-0.3, -0.25) is 4.79 Å². The van der Waals surface area contributed by atoms with Crippen molar-refractivity contribution in [2.24, 2.45) is 0 Å². The molecular formula is C18H31NO2Si. The first kappa shape index (κ1) is 18.8. The van der Waals surface area contributed by atoms with Crippen LogP contribution in [0, 0.1) is 0 Å². The molecule has 0 saturated carbocycles. The lowest BCUT2D eigenvalue weighted by atomic mass is 10.2. The van der Waals surface area contributed by atoms with Crippen molar-refractivity contribution in [3.63, 3.8) is 0 Å². The van der Waals surface area contributed by atoms with Gasteiger partial charge in [0.15, 0.2) is 0 Å². The van der Waals surface area contributed by atoms with Gasteiger partial charge in [-0.1, -0.05) is 41.5 Å². The van der Waals surface area contributed by atoms with Crippen molar-refractivity contribution in [1.82, 2.24) is 4.90 Å². The average molecular weight is 322 g/mol. The van der Waals surface area contributed by atoms with Crippen LogP contribution in [0.25, 0.3) is 0 Å². The zero-order valence-electron chi connectivity index (χ0n) is 15.3. The molecule has 124 valence electrons. The van der Waals surface area contributed by atoms with Gasteiger partial charge >= 0.3 is 0 Å². The van der Waals surface area contributed by atoms with E-state index in [9.17, 15) is 4.79 Å². The maximum absolute atomic E-state index is 12.0. The molecule has 0 spiro atoms. The van der Waals surface area contributed by atoms with E-state index in [1.54, 1.807) is 19.0 Å². The fraction of sp³-hybridized carbons (Fsp3) is 0.611. The van der Waals surface area contributed by atoms with E-state index in [2.05, 4.69) is 41.5 Å². The third-order valence-electron chi connectivity index (χ3n) is 4.51. The quantitative estimate of drug-likeness (QED) is 0.694. The number of amides is 1. The molecule has 4 heteroatoms. The van der Waals surface area contributed by atoms with Crippen LogP contribution >= 0.6 is 0 Å². The van der Waals surface area contributed by atoms with Crippen molar-refractivity contribution in [3.8, 4) is 5.75 Å². The Morgan fingerprint density at radius 1 is 0.909 bits per heavy atom. The second kappa shape index (κ2) is 7.31. The second-order valence-electron chi connectivity index (χ2n) is 7.14. The average Bonchev–Trinajstić information content (AvgIpc) is 2.43. The van der Waals surface area contributed by atoms with Gasteiger partial charge in [0.05, 0.1) is 0 Å². The van der Waals surface area contributed by atoms with Gasteiger partial charge in [-0.05, 0) is 40.9 Å². The van der Waals surface area contributed by atoms with Gasteiger partial charge in [-0.15, -0.1) is 0 Å². The number of hydrogen-bond donors (Lipinski definition) is 0. The first-order valence-electron chi connectivity index (χ1n) is 8.13. The van der Waals surface area contributed by atoms with E-state index < -0.39 is 8.32 Å². The first-order chi connectivity index (χ1) is 10.1. The Morgan fingerprint density at radius 3 is 1.64 bits per heavy atom. The van der Waals surface area contributed by atoms with Gasteiger partial charge < -0.3 is 9.33 Å². The van der Waals surface area contributed by atoms with Crippen molar-refractivity contribution >= 4 is 14.2 Å². The standard InChI is InChI=1S/C18H31NO2Si/c1-13(2)22(14(3)4,15(5)6)21-17-11-9-16(10-12-17)18(20)19(7)8/h9-15H,1-8H3. The Morgan fingerprint density at radius 2 is 1.32 bits per heavy atom. The molecule has 1 amide bonds. The van der Waals surface area contributed by atoms with Crippen molar-refractivity contribution in [2.45, 2.75) is 58.2 Å². The molecule has 3 nitrogen and oxygen atoms in total. The summed E-state index contributed by atoms with van der Waals surface area (Å²) < 4.78 is 6.60. The van der Waals surface area contributed by atoms with E-state index in [0.29, 0.717) is 22.2 Å². The molecule has 22 heavy (non-hydrogen) atoms. The molecule has 0 atom stereocenters. The topological polar surface area (TPSA) is 29.5 Å². The van der Waals surface area contributed by atoms with Crippen molar-refractivity contribution < 1.29 is 9.22 Å². The Bertz CT molecular complexity index is 471. The third kappa shape index (κ3) is 3.72. The Kier molecular flexibility index (Phi) is 6.24. The zero-order valence-corrected chi connectivity index (χ0v) is 16.3. The molecule has 1 rings (SSSR count). The molecule has 0 aliphatic heterocycles.